The van der Waals surface area contributed by atoms with Gasteiger partial charge < -0.3 is 10.2 Å². The van der Waals surface area contributed by atoms with Crippen molar-refractivity contribution in [2.45, 2.75) is 13.3 Å². The van der Waals surface area contributed by atoms with Crippen LogP contribution >= 0.6 is 12.2 Å². The van der Waals surface area contributed by atoms with Crippen molar-refractivity contribution in [3.05, 3.63) is 12.1 Å². The molecule has 0 radical (unpaired) electrons. The lowest BCUT2D eigenvalue weighted by Crippen LogP contribution is -2.21. The van der Waals surface area contributed by atoms with Crippen LogP contribution in [0.3, 0.4) is 0 Å². The highest BCUT2D eigenvalue weighted by Gasteiger charge is 2.07. The third kappa shape index (κ3) is 2.46. The second-order valence-electron chi connectivity index (χ2n) is 2.80. The highest BCUT2D eigenvalue weighted by molar-refractivity contribution is 7.80. The van der Waals surface area contributed by atoms with Crippen molar-refractivity contribution in [1.82, 2.24) is 4.68 Å². The van der Waals surface area contributed by atoms with Gasteiger partial charge in [0, 0.05) is 12.1 Å². The van der Waals surface area contributed by atoms with Gasteiger partial charge in [-0.25, -0.2) is 0 Å². The summed E-state index contributed by atoms with van der Waals surface area (Å²) in [5.74, 6) is -0.435. The first-order chi connectivity index (χ1) is 6.50. The Morgan fingerprint density at radius 3 is 2.43 bits per heavy atom. The first-order valence-corrected chi connectivity index (χ1v) is 4.30. The van der Waals surface area contributed by atoms with Crippen molar-refractivity contribution in [1.29, 1.82) is 0 Å². The maximum Gasteiger partial charge on any atom is 0.213 e. The topological polar surface area (TPSA) is 74.5 Å². The van der Waals surface area contributed by atoms with Crippen molar-refractivity contribution < 1.29 is 15.0 Å². The summed E-state index contributed by atoms with van der Waals surface area (Å²) in [5, 5.41) is 18.4. The predicted molar refractivity (Wildman–Crippen MR) is 55.0 cm³/mol. The van der Waals surface area contributed by atoms with E-state index in [0.29, 0.717) is 0 Å². The zero-order valence-electron chi connectivity index (χ0n) is 7.52. The molecular formula is C8H10N2O3S. The van der Waals surface area contributed by atoms with E-state index in [2.05, 4.69) is 5.43 Å². The van der Waals surface area contributed by atoms with Crippen molar-refractivity contribution in [3.63, 3.8) is 0 Å². The van der Waals surface area contributed by atoms with Crippen LogP contribution in [-0.4, -0.2) is 25.7 Å². The third-order valence-corrected chi connectivity index (χ3v) is 1.72. The molecule has 0 aliphatic heterocycles. The standard InChI is InChI=1S/C8H10N2O3S/c1-5(11)4-6(14)9-10-7(12)2-3-8(10)13/h2-3,12-13H,4H2,1H3,(H,9,14). The molecule has 0 atom stereocenters. The summed E-state index contributed by atoms with van der Waals surface area (Å²) < 4.78 is 0.991. The van der Waals surface area contributed by atoms with Gasteiger partial charge in [0.05, 0.1) is 6.42 Å². The van der Waals surface area contributed by atoms with Crippen LogP contribution in [0, 0.1) is 0 Å². The number of Topliss-reactive ketones (excluding diaryl/α,β-unsaturated/α-hetero) is 1. The van der Waals surface area contributed by atoms with Crippen LogP contribution in [0.5, 0.6) is 11.8 Å². The zero-order valence-corrected chi connectivity index (χ0v) is 8.34. The number of aromatic hydroxyl groups is 2. The first-order valence-electron chi connectivity index (χ1n) is 3.89. The smallest absolute Gasteiger partial charge is 0.213 e. The normalized spacial score (nSPS) is 9.79. The molecule has 5 nitrogen and oxygen atoms in total. The number of rotatable bonds is 3. The average molecular weight is 214 g/mol. The van der Waals surface area contributed by atoms with Crippen molar-refractivity contribution in [2.24, 2.45) is 0 Å². The van der Waals surface area contributed by atoms with Gasteiger partial charge in [-0.3, -0.25) is 10.2 Å². The number of hydrogen-bond acceptors (Lipinski definition) is 4. The lowest BCUT2D eigenvalue weighted by molar-refractivity contribution is -0.115. The van der Waals surface area contributed by atoms with Gasteiger partial charge in [0.15, 0.2) is 0 Å². The molecule has 6 heteroatoms. The average Bonchev–Trinajstić information content (AvgIpc) is 2.34. The summed E-state index contributed by atoms with van der Waals surface area (Å²) in [6.45, 7) is 1.41. The Labute approximate surface area is 85.9 Å². The first kappa shape index (κ1) is 10.5. The molecule has 3 N–H and O–H groups in total. The monoisotopic (exact) mass is 214 g/mol. The molecule has 1 aromatic heterocycles. The van der Waals surface area contributed by atoms with E-state index in [1.54, 1.807) is 0 Å². The molecule has 0 aromatic carbocycles. The number of carbonyl (C=O) groups is 1. The predicted octanol–water partition coefficient (Wildman–Crippen LogP) is 0.749. The largest absolute Gasteiger partial charge is 0.493 e. The van der Waals surface area contributed by atoms with Gasteiger partial charge in [-0.2, -0.15) is 4.68 Å². The lowest BCUT2D eigenvalue weighted by atomic mass is 10.3. The number of hydrogen-bond donors (Lipinski definition) is 3. The molecule has 0 aliphatic carbocycles. The van der Waals surface area contributed by atoms with E-state index in [1.807, 2.05) is 0 Å². The van der Waals surface area contributed by atoms with E-state index >= 15 is 0 Å². The molecule has 1 heterocycles. The van der Waals surface area contributed by atoms with E-state index in [0.717, 1.165) is 4.68 Å². The highest BCUT2D eigenvalue weighted by Crippen LogP contribution is 2.18. The SMILES string of the molecule is CC(=O)CC(=S)Nn1c(O)ccc1O. The number of nitrogens with one attached hydrogen (secondary N) is 1. The summed E-state index contributed by atoms with van der Waals surface area (Å²) in [7, 11) is 0. The number of ketones is 1. The van der Waals surface area contributed by atoms with Crippen LogP contribution in [0.4, 0.5) is 0 Å². The minimum absolute atomic E-state index is 0.0758. The van der Waals surface area contributed by atoms with Gasteiger partial charge in [-0.15, -0.1) is 0 Å². The summed E-state index contributed by atoms with van der Waals surface area (Å²) in [4.78, 5) is 10.9. The summed E-state index contributed by atoms with van der Waals surface area (Å²) in [6, 6.07) is 2.61. The minimum Gasteiger partial charge on any atom is -0.493 e. The van der Waals surface area contributed by atoms with Crippen molar-refractivity contribution in [2.75, 3.05) is 5.43 Å². The van der Waals surface area contributed by atoms with E-state index in [-0.39, 0.29) is 29.0 Å². The molecule has 76 valence electrons. The fourth-order valence-corrected chi connectivity index (χ4v) is 1.21. The third-order valence-electron chi connectivity index (χ3n) is 1.49. The fourth-order valence-electron chi connectivity index (χ4n) is 0.920. The van der Waals surface area contributed by atoms with Gasteiger partial charge in [0.2, 0.25) is 11.8 Å². The summed E-state index contributed by atoms with van der Waals surface area (Å²) >= 11 is 4.82. The Kier molecular flexibility index (Phi) is 3.08. The quantitative estimate of drug-likeness (QED) is 0.647. The number of thiocarbonyl (C=S) groups is 1. The van der Waals surface area contributed by atoms with Crippen LogP contribution in [0.1, 0.15) is 13.3 Å². The Balaban J connectivity index is 2.69. The molecule has 0 saturated heterocycles. The number of nitrogens with zero attached hydrogens (tertiary/aromatic N) is 1. The lowest BCUT2D eigenvalue weighted by Gasteiger charge is -2.09. The fraction of sp³-hybridized carbons (Fsp3) is 0.250. The summed E-state index contributed by atoms with van der Waals surface area (Å²) in [5.41, 5.74) is 2.52. The van der Waals surface area contributed by atoms with E-state index < -0.39 is 0 Å². The molecule has 0 bridgehead atoms. The molecular weight excluding hydrogens is 204 g/mol. The molecule has 14 heavy (non-hydrogen) atoms. The maximum absolute atomic E-state index is 10.7. The Morgan fingerprint density at radius 1 is 1.50 bits per heavy atom. The van der Waals surface area contributed by atoms with Crippen LogP contribution in [-0.2, 0) is 4.79 Å². The van der Waals surface area contributed by atoms with Gasteiger partial charge in [0.1, 0.15) is 10.8 Å². The van der Waals surface area contributed by atoms with E-state index in [9.17, 15) is 15.0 Å². The van der Waals surface area contributed by atoms with Crippen molar-refractivity contribution >= 4 is 23.0 Å². The second-order valence-corrected chi connectivity index (χ2v) is 3.29. The van der Waals surface area contributed by atoms with Gasteiger partial charge in [-0.1, -0.05) is 12.2 Å². The van der Waals surface area contributed by atoms with Crippen LogP contribution in [0.25, 0.3) is 0 Å². The molecule has 0 unspecified atom stereocenters. The van der Waals surface area contributed by atoms with Crippen LogP contribution in [0.15, 0.2) is 12.1 Å². The van der Waals surface area contributed by atoms with Gasteiger partial charge in [-0.05, 0) is 6.92 Å². The molecule has 1 rings (SSSR count). The molecule has 0 aliphatic rings. The Morgan fingerprint density at radius 2 is 2.00 bits per heavy atom. The number of carbonyl (C=O) groups excluding carboxylic acids is 1. The van der Waals surface area contributed by atoms with Gasteiger partial charge >= 0.3 is 0 Å². The van der Waals surface area contributed by atoms with E-state index in [4.69, 9.17) is 12.2 Å². The molecule has 0 amide bonds. The summed E-state index contributed by atoms with van der Waals surface area (Å²) in [6.07, 6.45) is 0.0758. The molecule has 1 aromatic rings. The zero-order chi connectivity index (χ0) is 10.7. The molecule has 0 saturated carbocycles. The number of aromatic nitrogens is 1. The minimum atomic E-state index is -0.173. The molecule has 0 spiro atoms. The molecule has 0 fully saturated rings. The second kappa shape index (κ2) is 4.10. The van der Waals surface area contributed by atoms with Crippen LogP contribution < -0.4 is 5.43 Å². The Bertz CT molecular complexity index is 353. The van der Waals surface area contributed by atoms with E-state index in [1.165, 1.54) is 19.1 Å². The van der Waals surface area contributed by atoms with Crippen molar-refractivity contribution in [3.8, 4) is 11.8 Å². The van der Waals surface area contributed by atoms with Gasteiger partial charge in [0.25, 0.3) is 0 Å². The van der Waals surface area contributed by atoms with Crippen LogP contribution in [0.2, 0.25) is 0 Å². The maximum atomic E-state index is 10.7. The Hall–Kier alpha value is -1.56. The highest BCUT2D eigenvalue weighted by atomic mass is 32.1.